The van der Waals surface area contributed by atoms with Crippen LogP contribution >= 0.6 is 15.9 Å². The van der Waals surface area contributed by atoms with E-state index in [4.69, 9.17) is 0 Å². The number of carboxylic acid groups (broad SMARTS) is 1. The molecule has 2 aliphatic rings. The van der Waals surface area contributed by atoms with Crippen LogP contribution in [-0.4, -0.2) is 29.3 Å². The number of hydrogen-bond donors (Lipinski definition) is 1. The maximum atomic E-state index is 12.7. The van der Waals surface area contributed by atoms with Crippen LogP contribution in [0.3, 0.4) is 0 Å². The normalized spacial score (nSPS) is 19.2. The Morgan fingerprint density at radius 1 is 1.24 bits per heavy atom. The Morgan fingerprint density at radius 3 is 2.64 bits per heavy atom. The fraction of sp³-hybridized carbons (Fsp3) is 0.412. The molecule has 0 spiro atoms. The minimum atomic E-state index is -3.60. The van der Waals surface area contributed by atoms with Crippen molar-refractivity contribution in [2.45, 2.75) is 48.8 Å². The highest BCUT2D eigenvalue weighted by atomic mass is 79.9. The van der Waals surface area contributed by atoms with E-state index in [1.807, 2.05) is 0 Å². The third-order valence-corrected chi connectivity index (χ3v) is 7.17. The van der Waals surface area contributed by atoms with Crippen molar-refractivity contribution in [2.75, 3.05) is 0 Å². The molecule has 2 aromatic rings. The van der Waals surface area contributed by atoms with Crippen LogP contribution in [0.5, 0.6) is 0 Å². The van der Waals surface area contributed by atoms with E-state index < -0.39 is 15.8 Å². The standard InChI is InChI=1S/C17H17BrN2O4S/c18-10-6-7-12-14(8-10)25(23,24)9-13-15(17(21)22)19-20(16(12)13)11-4-2-1-3-5-11/h6-8,11H,1-5,9H2,(H,21,22). The van der Waals surface area contributed by atoms with Crippen molar-refractivity contribution in [3.63, 3.8) is 0 Å². The van der Waals surface area contributed by atoms with Gasteiger partial charge in [-0.15, -0.1) is 0 Å². The number of benzene rings is 1. The molecular weight excluding hydrogens is 408 g/mol. The molecule has 1 aliphatic carbocycles. The number of carbonyl (C=O) groups is 1. The minimum Gasteiger partial charge on any atom is -0.476 e. The van der Waals surface area contributed by atoms with E-state index in [-0.39, 0.29) is 22.4 Å². The lowest BCUT2D eigenvalue weighted by Gasteiger charge is -2.26. The fourth-order valence-electron chi connectivity index (χ4n) is 3.87. The second-order valence-electron chi connectivity index (χ2n) is 6.62. The van der Waals surface area contributed by atoms with E-state index in [0.29, 0.717) is 21.3 Å². The van der Waals surface area contributed by atoms with Gasteiger partial charge in [-0.05, 0) is 25.0 Å². The molecule has 0 saturated heterocycles. The summed E-state index contributed by atoms with van der Waals surface area (Å²) in [5.74, 6) is -1.50. The summed E-state index contributed by atoms with van der Waals surface area (Å²) in [6.07, 6.45) is 5.20. The number of halogens is 1. The number of fused-ring (bicyclic) bond motifs is 3. The number of carboxylic acids is 1. The lowest BCUT2D eigenvalue weighted by atomic mass is 9.95. The second kappa shape index (κ2) is 5.95. The molecule has 132 valence electrons. The smallest absolute Gasteiger partial charge is 0.356 e. The van der Waals surface area contributed by atoms with Crippen LogP contribution in [0.2, 0.25) is 0 Å². The van der Waals surface area contributed by atoms with Crippen LogP contribution in [0, 0.1) is 0 Å². The van der Waals surface area contributed by atoms with E-state index in [1.165, 1.54) is 6.42 Å². The first kappa shape index (κ1) is 16.8. The molecule has 2 heterocycles. The molecule has 0 radical (unpaired) electrons. The van der Waals surface area contributed by atoms with Crippen LogP contribution < -0.4 is 0 Å². The molecule has 0 amide bonds. The van der Waals surface area contributed by atoms with Gasteiger partial charge in [-0.1, -0.05) is 41.3 Å². The first-order valence-electron chi connectivity index (χ1n) is 8.26. The van der Waals surface area contributed by atoms with Crippen molar-refractivity contribution in [3.05, 3.63) is 33.9 Å². The highest BCUT2D eigenvalue weighted by molar-refractivity contribution is 9.10. The summed E-state index contributed by atoms with van der Waals surface area (Å²) in [5.41, 5.74) is 1.38. The molecular formula is C17H17BrN2O4S. The Balaban J connectivity index is 2.00. The molecule has 0 unspecified atom stereocenters. The highest BCUT2D eigenvalue weighted by Gasteiger charge is 2.37. The topological polar surface area (TPSA) is 89.3 Å². The minimum absolute atomic E-state index is 0.118. The zero-order valence-corrected chi connectivity index (χ0v) is 15.8. The molecule has 8 heteroatoms. The summed E-state index contributed by atoms with van der Waals surface area (Å²) in [6, 6.07) is 5.23. The summed E-state index contributed by atoms with van der Waals surface area (Å²) in [7, 11) is -3.60. The third-order valence-electron chi connectivity index (χ3n) is 5.00. The van der Waals surface area contributed by atoms with Crippen molar-refractivity contribution in [1.29, 1.82) is 0 Å². The van der Waals surface area contributed by atoms with Crippen molar-refractivity contribution in [1.82, 2.24) is 9.78 Å². The van der Waals surface area contributed by atoms with Gasteiger partial charge >= 0.3 is 5.97 Å². The van der Waals surface area contributed by atoms with Crippen LogP contribution in [0.1, 0.15) is 54.2 Å². The predicted octanol–water partition coefficient (Wildman–Crippen LogP) is 3.80. The van der Waals surface area contributed by atoms with E-state index in [1.54, 1.807) is 22.9 Å². The van der Waals surface area contributed by atoms with Gasteiger partial charge in [0.05, 0.1) is 22.4 Å². The third kappa shape index (κ3) is 2.71. The molecule has 1 aliphatic heterocycles. The zero-order valence-electron chi connectivity index (χ0n) is 13.4. The van der Waals surface area contributed by atoms with E-state index >= 15 is 0 Å². The molecule has 0 atom stereocenters. The average Bonchev–Trinajstić information content (AvgIpc) is 2.94. The molecule has 25 heavy (non-hydrogen) atoms. The van der Waals surface area contributed by atoms with Crippen molar-refractivity contribution in [3.8, 4) is 11.3 Å². The number of hydrogen-bond acceptors (Lipinski definition) is 4. The molecule has 4 rings (SSSR count). The van der Waals surface area contributed by atoms with Gasteiger partial charge < -0.3 is 5.11 Å². The summed E-state index contributed by atoms with van der Waals surface area (Å²) >= 11 is 3.32. The van der Waals surface area contributed by atoms with Gasteiger partial charge in [0.1, 0.15) is 0 Å². The van der Waals surface area contributed by atoms with Crippen LogP contribution in [0.4, 0.5) is 0 Å². The Morgan fingerprint density at radius 2 is 1.96 bits per heavy atom. The SMILES string of the molecule is O=C(O)c1nn(C2CCCCC2)c2c1CS(=O)(=O)c1cc(Br)ccc1-2. The fourth-order valence-corrected chi connectivity index (χ4v) is 6.00. The summed E-state index contributed by atoms with van der Waals surface area (Å²) in [4.78, 5) is 11.9. The Bertz CT molecular complexity index is 975. The lowest BCUT2D eigenvalue weighted by molar-refractivity contribution is 0.0688. The molecule has 1 saturated carbocycles. The van der Waals surface area contributed by atoms with Gasteiger partial charge in [0, 0.05) is 15.6 Å². The lowest BCUT2D eigenvalue weighted by Crippen LogP contribution is -2.19. The molecule has 1 aromatic carbocycles. The van der Waals surface area contributed by atoms with Gasteiger partial charge in [-0.25, -0.2) is 13.2 Å². The Hall–Kier alpha value is -1.67. The first-order valence-corrected chi connectivity index (χ1v) is 10.7. The maximum absolute atomic E-state index is 12.7. The highest BCUT2D eigenvalue weighted by Crippen LogP contribution is 2.43. The zero-order chi connectivity index (χ0) is 17.8. The van der Waals surface area contributed by atoms with Gasteiger partial charge in [0.2, 0.25) is 0 Å². The molecule has 0 bridgehead atoms. The van der Waals surface area contributed by atoms with Crippen molar-refractivity contribution in [2.24, 2.45) is 0 Å². The quantitative estimate of drug-likeness (QED) is 0.791. The number of rotatable bonds is 2. The molecule has 1 N–H and O–H groups in total. The summed E-state index contributed by atoms with van der Waals surface area (Å²) in [5, 5.41) is 13.9. The monoisotopic (exact) mass is 424 g/mol. The number of aromatic nitrogens is 2. The van der Waals surface area contributed by atoms with Crippen LogP contribution in [0.25, 0.3) is 11.3 Å². The molecule has 1 aromatic heterocycles. The molecule has 6 nitrogen and oxygen atoms in total. The van der Waals surface area contributed by atoms with E-state index in [0.717, 1.165) is 25.7 Å². The van der Waals surface area contributed by atoms with Crippen LogP contribution in [-0.2, 0) is 15.6 Å². The van der Waals surface area contributed by atoms with E-state index in [9.17, 15) is 18.3 Å². The second-order valence-corrected chi connectivity index (χ2v) is 9.49. The molecule has 1 fully saturated rings. The van der Waals surface area contributed by atoms with Gasteiger partial charge in [-0.2, -0.15) is 5.10 Å². The first-order chi connectivity index (χ1) is 11.9. The van der Waals surface area contributed by atoms with E-state index in [2.05, 4.69) is 21.0 Å². The number of nitrogens with zero attached hydrogens (tertiary/aromatic N) is 2. The van der Waals surface area contributed by atoms with Gasteiger partial charge in [0.25, 0.3) is 0 Å². The Kier molecular flexibility index (Phi) is 3.99. The summed E-state index contributed by atoms with van der Waals surface area (Å²) in [6.45, 7) is 0. The van der Waals surface area contributed by atoms with Gasteiger partial charge in [-0.3, -0.25) is 4.68 Å². The predicted molar refractivity (Wildman–Crippen MR) is 95.3 cm³/mol. The van der Waals surface area contributed by atoms with Gasteiger partial charge in [0.15, 0.2) is 15.5 Å². The van der Waals surface area contributed by atoms with Crippen molar-refractivity contribution < 1.29 is 18.3 Å². The number of aromatic carboxylic acids is 1. The van der Waals surface area contributed by atoms with Crippen molar-refractivity contribution >= 4 is 31.7 Å². The number of sulfone groups is 1. The summed E-state index contributed by atoms with van der Waals surface area (Å²) < 4.78 is 27.9. The van der Waals surface area contributed by atoms with Crippen LogP contribution in [0.15, 0.2) is 27.6 Å². The Labute approximate surface area is 153 Å². The largest absolute Gasteiger partial charge is 0.476 e. The average molecular weight is 425 g/mol. The maximum Gasteiger partial charge on any atom is 0.356 e.